The molecule has 0 saturated heterocycles. The van der Waals surface area contributed by atoms with Crippen molar-refractivity contribution in [3.63, 3.8) is 0 Å². The van der Waals surface area contributed by atoms with Crippen molar-refractivity contribution >= 4 is 11.9 Å². The van der Waals surface area contributed by atoms with Gasteiger partial charge in [0.1, 0.15) is 6.54 Å². The van der Waals surface area contributed by atoms with E-state index in [2.05, 4.69) is 5.32 Å². The molecule has 0 aromatic rings. The molecule has 0 aliphatic heterocycles. The number of nitrogens with two attached hydrogens (primary N) is 1. The number of nitrogens with one attached hydrogen (secondary N) is 1. The summed E-state index contributed by atoms with van der Waals surface area (Å²) < 4.78 is 4.82. The maximum atomic E-state index is 11.0. The molecule has 0 saturated carbocycles. The van der Waals surface area contributed by atoms with Crippen LogP contribution >= 0.6 is 0 Å². The molecule has 5 nitrogen and oxygen atoms in total. The molecule has 0 aromatic carbocycles. The maximum Gasteiger partial charge on any atom is 0.325 e. The number of carbonyl (C=O) groups excluding carboxylic acids is 2. The van der Waals surface area contributed by atoms with E-state index in [1.165, 1.54) is 0 Å². The molecule has 0 fully saturated rings. The molecule has 0 aromatic heterocycles. The first-order valence-electron chi connectivity index (χ1n) is 4.76. The molecule has 0 aliphatic carbocycles. The van der Waals surface area contributed by atoms with Gasteiger partial charge in [0, 0.05) is 0 Å². The van der Waals surface area contributed by atoms with Gasteiger partial charge in [-0.1, -0.05) is 13.3 Å². The largest absolute Gasteiger partial charge is 0.464 e. The monoisotopic (exact) mass is 202 g/mol. The topological polar surface area (TPSA) is 81.4 Å². The van der Waals surface area contributed by atoms with Gasteiger partial charge in [-0.3, -0.25) is 9.59 Å². The Morgan fingerprint density at radius 1 is 1.50 bits per heavy atom. The minimum absolute atomic E-state index is 0.107. The van der Waals surface area contributed by atoms with E-state index < -0.39 is 12.0 Å². The summed E-state index contributed by atoms with van der Waals surface area (Å²) in [6.07, 6.45) is 1.81. The van der Waals surface area contributed by atoms with Crippen molar-refractivity contribution in [1.82, 2.24) is 5.32 Å². The van der Waals surface area contributed by atoms with Crippen LogP contribution in [0.4, 0.5) is 0 Å². The third kappa shape index (κ3) is 6.42. The van der Waals surface area contributed by atoms with E-state index in [9.17, 15) is 9.59 Å². The van der Waals surface area contributed by atoms with Crippen LogP contribution in [0.15, 0.2) is 0 Å². The smallest absolute Gasteiger partial charge is 0.325 e. The standard InChI is InChI=1S/C9H18N2O3/c1-3-4-5-14-8(12)6-11-9(13)7(2)10/h7H,3-6,10H2,1-2H3,(H,11,13)/t7-/m0/s1. The summed E-state index contributed by atoms with van der Waals surface area (Å²) in [6.45, 7) is 3.86. The third-order valence-electron chi connectivity index (χ3n) is 1.58. The Labute approximate surface area is 84.0 Å². The number of ether oxygens (including phenoxy) is 1. The number of rotatable bonds is 6. The number of unbranched alkanes of at least 4 members (excludes halogenated alkanes) is 1. The van der Waals surface area contributed by atoms with Gasteiger partial charge in [0.2, 0.25) is 5.91 Å². The number of esters is 1. The van der Waals surface area contributed by atoms with Crippen LogP contribution in [0.1, 0.15) is 26.7 Å². The van der Waals surface area contributed by atoms with Crippen molar-refractivity contribution in [2.45, 2.75) is 32.7 Å². The molecule has 82 valence electrons. The third-order valence-corrected chi connectivity index (χ3v) is 1.58. The predicted molar refractivity (Wildman–Crippen MR) is 52.5 cm³/mol. The summed E-state index contributed by atoms with van der Waals surface area (Å²) in [7, 11) is 0. The molecule has 0 unspecified atom stereocenters. The van der Waals surface area contributed by atoms with E-state index in [1.807, 2.05) is 6.92 Å². The Kier molecular flexibility index (Phi) is 6.74. The fourth-order valence-corrected chi connectivity index (χ4v) is 0.702. The Bertz CT molecular complexity index is 192. The molecule has 0 spiro atoms. The Morgan fingerprint density at radius 2 is 2.14 bits per heavy atom. The van der Waals surface area contributed by atoms with Crippen molar-refractivity contribution < 1.29 is 14.3 Å². The van der Waals surface area contributed by atoms with Gasteiger partial charge in [0.25, 0.3) is 0 Å². The number of hydrogen-bond donors (Lipinski definition) is 2. The molecule has 5 heteroatoms. The minimum Gasteiger partial charge on any atom is -0.464 e. The van der Waals surface area contributed by atoms with Crippen molar-refractivity contribution in [3.8, 4) is 0 Å². The molecular formula is C9H18N2O3. The van der Waals surface area contributed by atoms with Crippen molar-refractivity contribution in [2.24, 2.45) is 5.73 Å². The molecule has 0 aliphatic rings. The second-order valence-electron chi connectivity index (χ2n) is 3.08. The first-order valence-corrected chi connectivity index (χ1v) is 4.76. The van der Waals surface area contributed by atoms with E-state index >= 15 is 0 Å². The molecule has 0 bridgehead atoms. The van der Waals surface area contributed by atoms with E-state index in [0.717, 1.165) is 12.8 Å². The zero-order valence-corrected chi connectivity index (χ0v) is 8.71. The van der Waals surface area contributed by atoms with Crippen LogP contribution in [0.3, 0.4) is 0 Å². The van der Waals surface area contributed by atoms with Gasteiger partial charge >= 0.3 is 5.97 Å². The van der Waals surface area contributed by atoms with Gasteiger partial charge in [-0.25, -0.2) is 0 Å². The second kappa shape index (κ2) is 7.32. The average Bonchev–Trinajstić information content (AvgIpc) is 2.14. The van der Waals surface area contributed by atoms with Gasteiger partial charge < -0.3 is 15.8 Å². The first kappa shape index (κ1) is 12.9. The highest BCUT2D eigenvalue weighted by atomic mass is 16.5. The zero-order chi connectivity index (χ0) is 11.0. The highest BCUT2D eigenvalue weighted by Gasteiger charge is 2.09. The number of hydrogen-bond acceptors (Lipinski definition) is 4. The van der Waals surface area contributed by atoms with E-state index in [-0.39, 0.29) is 12.5 Å². The van der Waals surface area contributed by atoms with E-state index in [0.29, 0.717) is 6.61 Å². The summed E-state index contributed by atoms with van der Waals surface area (Å²) in [4.78, 5) is 21.9. The highest BCUT2D eigenvalue weighted by Crippen LogP contribution is 1.88. The van der Waals surface area contributed by atoms with Crippen LogP contribution in [0.25, 0.3) is 0 Å². The summed E-state index contributed by atoms with van der Waals surface area (Å²) in [5.41, 5.74) is 5.28. The lowest BCUT2D eigenvalue weighted by Crippen LogP contribution is -2.41. The van der Waals surface area contributed by atoms with E-state index in [4.69, 9.17) is 10.5 Å². The van der Waals surface area contributed by atoms with Gasteiger partial charge in [-0.05, 0) is 13.3 Å². The summed E-state index contributed by atoms with van der Waals surface area (Å²) in [6, 6.07) is -0.599. The Hall–Kier alpha value is -1.10. The summed E-state index contributed by atoms with van der Waals surface area (Å²) in [5.74, 6) is -0.773. The summed E-state index contributed by atoms with van der Waals surface area (Å²) >= 11 is 0. The van der Waals surface area contributed by atoms with Crippen molar-refractivity contribution in [2.75, 3.05) is 13.2 Å². The number of carbonyl (C=O) groups is 2. The average molecular weight is 202 g/mol. The molecule has 0 rings (SSSR count). The molecule has 1 amide bonds. The molecule has 0 radical (unpaired) electrons. The lowest BCUT2D eigenvalue weighted by atomic mass is 10.3. The van der Waals surface area contributed by atoms with Crippen molar-refractivity contribution in [3.05, 3.63) is 0 Å². The Morgan fingerprint density at radius 3 is 2.64 bits per heavy atom. The van der Waals surface area contributed by atoms with Crippen LogP contribution in [0, 0.1) is 0 Å². The zero-order valence-electron chi connectivity index (χ0n) is 8.71. The second-order valence-corrected chi connectivity index (χ2v) is 3.08. The van der Waals surface area contributed by atoms with E-state index in [1.54, 1.807) is 6.92 Å². The van der Waals surface area contributed by atoms with Gasteiger partial charge in [0.15, 0.2) is 0 Å². The van der Waals surface area contributed by atoms with Gasteiger partial charge in [-0.15, -0.1) is 0 Å². The summed E-state index contributed by atoms with van der Waals surface area (Å²) in [5, 5.41) is 2.37. The number of amides is 1. The maximum absolute atomic E-state index is 11.0. The fourth-order valence-electron chi connectivity index (χ4n) is 0.702. The lowest BCUT2D eigenvalue weighted by Gasteiger charge is -2.07. The minimum atomic E-state index is -0.599. The van der Waals surface area contributed by atoms with Gasteiger partial charge in [0.05, 0.1) is 12.6 Å². The van der Waals surface area contributed by atoms with Crippen LogP contribution in [-0.2, 0) is 14.3 Å². The van der Waals surface area contributed by atoms with Gasteiger partial charge in [-0.2, -0.15) is 0 Å². The van der Waals surface area contributed by atoms with Crippen LogP contribution in [0.2, 0.25) is 0 Å². The molecule has 3 N–H and O–H groups in total. The SMILES string of the molecule is CCCCOC(=O)CNC(=O)[C@H](C)N. The van der Waals surface area contributed by atoms with Crippen LogP contribution in [-0.4, -0.2) is 31.1 Å². The predicted octanol–water partition coefficient (Wildman–Crippen LogP) is -0.207. The molecular weight excluding hydrogens is 184 g/mol. The van der Waals surface area contributed by atoms with Crippen molar-refractivity contribution in [1.29, 1.82) is 0 Å². The fraction of sp³-hybridized carbons (Fsp3) is 0.778. The first-order chi connectivity index (χ1) is 6.57. The van der Waals surface area contributed by atoms with Crippen LogP contribution < -0.4 is 11.1 Å². The molecule has 14 heavy (non-hydrogen) atoms. The quantitative estimate of drug-likeness (QED) is 0.461. The molecule has 1 atom stereocenters. The van der Waals surface area contributed by atoms with Crippen LogP contribution in [0.5, 0.6) is 0 Å². The highest BCUT2D eigenvalue weighted by molar-refractivity contribution is 5.85. The lowest BCUT2D eigenvalue weighted by molar-refractivity contribution is -0.144. The Balaban J connectivity index is 3.49. The molecule has 0 heterocycles. The normalized spacial score (nSPS) is 11.9.